The number of nitrogens with zero attached hydrogens (tertiary/aromatic N) is 16. The van der Waals surface area contributed by atoms with Crippen molar-refractivity contribution in [3.63, 3.8) is 0 Å². The molecule has 90 heavy (non-hydrogen) atoms. The third kappa shape index (κ3) is 22.7. The van der Waals surface area contributed by atoms with Crippen molar-refractivity contribution in [2.75, 3.05) is 118 Å². The SMILES string of the molecule is O=C(O)CN1CCN(CC(=O)O)CC(=O)NCc2ccn(n2)-c2cccc(n2)-n2ccc(n2)CNC(=O)CN(CC(=O)O)CCN(CC(=O)O)CCN(CC(=O)O)CC(=O)NCc2ccn(n2)-c2cccc(n2)-n2ccc(n2)CNC(=O)CN(CC(=O)O)CC1. The van der Waals surface area contributed by atoms with Gasteiger partial charge in [-0.25, -0.2) is 28.7 Å². The molecule has 0 unspecified atom stereocenters. The summed E-state index contributed by atoms with van der Waals surface area (Å²) in [5.41, 5.74) is 1.62. The third-order valence-electron chi connectivity index (χ3n) is 13.4. The fourth-order valence-corrected chi connectivity index (χ4v) is 9.14. The van der Waals surface area contributed by atoms with Gasteiger partial charge in [0.15, 0.2) is 23.3 Å². The molecule has 12 bridgehead atoms. The molecule has 10 N–H and O–H groups in total. The molecule has 7 rings (SSSR count). The van der Waals surface area contributed by atoms with Crippen LogP contribution in [0, 0.1) is 0 Å². The molecule has 480 valence electrons. The van der Waals surface area contributed by atoms with E-state index < -0.39 is 125 Å². The normalized spacial score (nSPS) is 16.7. The second kappa shape index (κ2) is 33.1. The van der Waals surface area contributed by atoms with Gasteiger partial charge < -0.3 is 51.9 Å². The summed E-state index contributed by atoms with van der Waals surface area (Å²) in [5, 5.41) is 87.1. The number of carbonyl (C=O) groups excluding carboxylic acids is 4. The molecule has 0 fully saturated rings. The maximum atomic E-state index is 13.2. The van der Waals surface area contributed by atoms with Crippen LogP contribution < -0.4 is 21.3 Å². The van der Waals surface area contributed by atoms with Crippen molar-refractivity contribution in [2.45, 2.75) is 26.2 Å². The summed E-state index contributed by atoms with van der Waals surface area (Å²) < 4.78 is 5.78. The second-order valence-electron chi connectivity index (χ2n) is 20.6. The van der Waals surface area contributed by atoms with Gasteiger partial charge in [0, 0.05) is 77.1 Å². The summed E-state index contributed by atoms with van der Waals surface area (Å²) in [5.74, 6) is -8.33. The number of hydrogen-bond acceptors (Lipinski definition) is 22. The van der Waals surface area contributed by atoms with Crippen LogP contribution in [0.5, 0.6) is 0 Å². The van der Waals surface area contributed by atoms with Crippen molar-refractivity contribution in [1.29, 1.82) is 0 Å². The molecule has 0 aliphatic carbocycles. The predicted octanol–water partition coefficient (Wildman–Crippen LogP) is -4.28. The van der Waals surface area contributed by atoms with Gasteiger partial charge in [0.1, 0.15) is 0 Å². The molecular weight excluding hydrogens is 1180 g/mol. The van der Waals surface area contributed by atoms with Crippen molar-refractivity contribution in [1.82, 2.24) is 99.8 Å². The van der Waals surface area contributed by atoms with E-state index in [1.807, 2.05) is 0 Å². The van der Waals surface area contributed by atoms with Gasteiger partial charge >= 0.3 is 35.8 Å². The smallest absolute Gasteiger partial charge is 0.317 e. The standard InChI is InChI=1S/C54H68N20O16/c75-45-27-67(33-51(83)84)19-15-65(31-49(79)80)17-21-69(35-53(87)88)29-47(77)57-25-39-9-13-73(63-39)43-5-2-6-44(60-43)74-14-10-40(64-74)26-58-48(78)30-70(36-54(89)90)22-18-66(32-50(81)82)16-20-68(34-52(85)86)28-46(76)56-24-38-8-12-72(62-38)42-4-1-3-41(59-42)71-11-7-37(61-71)23-55-45/h1-14H,15-36H2,(H,55,75)(H,56,76)(H,57,77)(H,58,78)(H,79,80)(H,81,82)(H,83,84)(H,85,86)(H,87,88)(H,89,90). The zero-order valence-electron chi connectivity index (χ0n) is 48.6. The van der Waals surface area contributed by atoms with Crippen molar-refractivity contribution >= 4 is 59.4 Å². The van der Waals surface area contributed by atoms with Crippen molar-refractivity contribution < 1.29 is 78.6 Å². The number of nitrogens with one attached hydrogen (secondary N) is 4. The number of fused-ring (bicyclic) bond motifs is 16. The van der Waals surface area contributed by atoms with E-state index in [-0.39, 0.29) is 78.5 Å². The average molecular weight is 1250 g/mol. The Kier molecular flexibility index (Phi) is 24.7. The first kappa shape index (κ1) is 67.1. The minimum absolute atomic E-state index is 0.0537. The predicted molar refractivity (Wildman–Crippen MR) is 309 cm³/mol. The largest absolute Gasteiger partial charge is 0.480 e. The third-order valence-corrected chi connectivity index (χ3v) is 13.4. The van der Waals surface area contributed by atoms with Gasteiger partial charge in [0.05, 0.1) is 114 Å². The van der Waals surface area contributed by atoms with E-state index in [0.29, 0.717) is 46.0 Å². The van der Waals surface area contributed by atoms with Crippen molar-refractivity contribution in [3.05, 3.63) is 108 Å². The topological polar surface area (TPSA) is 457 Å². The van der Waals surface area contributed by atoms with Crippen LogP contribution in [-0.2, 0) is 74.1 Å². The maximum Gasteiger partial charge on any atom is 0.317 e. The lowest BCUT2D eigenvalue weighted by molar-refractivity contribution is -0.141. The van der Waals surface area contributed by atoms with Crippen LogP contribution >= 0.6 is 0 Å². The van der Waals surface area contributed by atoms with Crippen LogP contribution in [0.1, 0.15) is 22.8 Å². The Morgan fingerprint density at radius 2 is 0.522 bits per heavy atom. The number of carboxylic acid groups (broad SMARTS) is 6. The van der Waals surface area contributed by atoms with Crippen LogP contribution in [0.3, 0.4) is 0 Å². The molecule has 7 heterocycles. The Bertz CT molecular complexity index is 3070. The van der Waals surface area contributed by atoms with Crippen LogP contribution in [0.25, 0.3) is 23.3 Å². The summed E-state index contributed by atoms with van der Waals surface area (Å²) in [7, 11) is 0. The Hall–Kier alpha value is -10.4. The number of carboxylic acids is 6. The molecule has 1 aliphatic heterocycles. The molecule has 4 amide bonds. The number of pyridine rings is 2. The van der Waals surface area contributed by atoms with E-state index in [9.17, 15) is 78.6 Å². The molecule has 0 aromatic carbocycles. The van der Waals surface area contributed by atoms with Gasteiger partial charge in [-0.1, -0.05) is 12.1 Å². The molecule has 0 saturated carbocycles. The van der Waals surface area contributed by atoms with Gasteiger partial charge in [-0.2, -0.15) is 20.4 Å². The summed E-state index contributed by atoms with van der Waals surface area (Å²) in [6.45, 7) is -5.80. The highest BCUT2D eigenvalue weighted by molar-refractivity contribution is 5.81. The van der Waals surface area contributed by atoms with Crippen LogP contribution in [-0.4, -0.2) is 286 Å². The van der Waals surface area contributed by atoms with Gasteiger partial charge in [0.25, 0.3) is 0 Å². The lowest BCUT2D eigenvalue weighted by Crippen LogP contribution is -2.47. The zero-order valence-corrected chi connectivity index (χ0v) is 48.6. The first-order chi connectivity index (χ1) is 43.1. The molecule has 0 spiro atoms. The zero-order chi connectivity index (χ0) is 64.7. The molecule has 36 nitrogen and oxygen atoms in total. The summed E-state index contributed by atoms with van der Waals surface area (Å²) in [6, 6.07) is 16.5. The molecule has 6 aromatic heterocycles. The highest BCUT2D eigenvalue weighted by atomic mass is 16.4. The lowest BCUT2D eigenvalue weighted by Gasteiger charge is -2.28. The molecule has 0 saturated heterocycles. The first-order valence-corrected chi connectivity index (χ1v) is 27.9. The van der Waals surface area contributed by atoms with Gasteiger partial charge in [0.2, 0.25) is 23.6 Å². The van der Waals surface area contributed by atoms with Gasteiger partial charge in [-0.3, -0.25) is 77.3 Å². The van der Waals surface area contributed by atoms with E-state index >= 15 is 0 Å². The fraction of sp³-hybridized carbons (Fsp3) is 0.407. The average Bonchev–Trinajstić information content (AvgIpc) is 2.54. The summed E-state index contributed by atoms with van der Waals surface area (Å²) >= 11 is 0. The molecule has 0 radical (unpaired) electrons. The van der Waals surface area contributed by atoms with E-state index in [0.717, 1.165) is 0 Å². The molecular formula is C54H68N20O16. The number of aromatic nitrogens is 10. The molecule has 0 atom stereocenters. The Morgan fingerprint density at radius 1 is 0.322 bits per heavy atom. The van der Waals surface area contributed by atoms with Crippen LogP contribution in [0.4, 0.5) is 0 Å². The molecule has 36 heteroatoms. The minimum Gasteiger partial charge on any atom is -0.480 e. The van der Waals surface area contributed by atoms with E-state index in [1.165, 1.54) is 48.1 Å². The Balaban J connectivity index is 1.06. The van der Waals surface area contributed by atoms with Gasteiger partial charge in [-0.05, 0) is 48.5 Å². The minimum atomic E-state index is -1.25. The van der Waals surface area contributed by atoms with E-state index in [4.69, 9.17) is 0 Å². The van der Waals surface area contributed by atoms with E-state index in [1.54, 1.807) is 85.5 Å². The number of hydrogen-bond donors (Lipinski definition) is 10. The molecule has 1 aliphatic rings. The Morgan fingerprint density at radius 3 is 0.733 bits per heavy atom. The highest BCUT2D eigenvalue weighted by Gasteiger charge is 2.24. The Labute approximate surface area is 511 Å². The fourth-order valence-electron chi connectivity index (χ4n) is 9.14. The van der Waals surface area contributed by atoms with Crippen molar-refractivity contribution in [3.8, 4) is 23.3 Å². The highest BCUT2D eigenvalue weighted by Crippen LogP contribution is 2.13. The number of aliphatic carboxylic acids is 6. The summed E-state index contributed by atoms with van der Waals surface area (Å²) in [4.78, 5) is 142. The number of carbonyl (C=O) groups is 10. The van der Waals surface area contributed by atoms with Crippen molar-refractivity contribution in [2.24, 2.45) is 0 Å². The van der Waals surface area contributed by atoms with Gasteiger partial charge in [-0.15, -0.1) is 0 Å². The second-order valence-corrected chi connectivity index (χ2v) is 20.6. The van der Waals surface area contributed by atoms with E-state index in [2.05, 4.69) is 51.6 Å². The lowest BCUT2D eigenvalue weighted by atomic mass is 10.3. The molecule has 6 aromatic rings. The number of amides is 4. The monoisotopic (exact) mass is 1250 g/mol. The maximum absolute atomic E-state index is 13.2. The first-order valence-electron chi connectivity index (χ1n) is 27.9. The number of rotatable bonds is 12. The van der Waals surface area contributed by atoms with Crippen LogP contribution in [0.15, 0.2) is 85.5 Å². The quantitative estimate of drug-likeness (QED) is 0.0554. The summed E-state index contributed by atoms with van der Waals surface area (Å²) in [6.07, 6.45) is 6.39. The van der Waals surface area contributed by atoms with Crippen LogP contribution in [0.2, 0.25) is 0 Å².